The van der Waals surface area contributed by atoms with Gasteiger partial charge in [-0.2, -0.15) is 0 Å². The van der Waals surface area contributed by atoms with Gasteiger partial charge in [0.15, 0.2) is 16.7 Å². The fourth-order valence-corrected chi connectivity index (χ4v) is 4.41. The van der Waals surface area contributed by atoms with E-state index in [0.29, 0.717) is 29.8 Å². The highest BCUT2D eigenvalue weighted by molar-refractivity contribution is 7.99. The number of aryl methyl sites for hydroxylation is 1. The van der Waals surface area contributed by atoms with Gasteiger partial charge in [-0.15, -0.1) is 16.8 Å². The molecule has 3 heterocycles. The number of thioether (sulfide) groups is 1. The Hall–Kier alpha value is -3.32. The van der Waals surface area contributed by atoms with Gasteiger partial charge >= 0.3 is 0 Å². The second-order valence-electron chi connectivity index (χ2n) is 7.25. The van der Waals surface area contributed by atoms with E-state index in [0.717, 1.165) is 22.5 Å². The summed E-state index contributed by atoms with van der Waals surface area (Å²) in [4.78, 5) is 13.0. The first kappa shape index (κ1) is 20.9. The van der Waals surface area contributed by atoms with Crippen LogP contribution < -0.4 is 0 Å². The van der Waals surface area contributed by atoms with Crippen LogP contribution in [0.1, 0.15) is 27.3 Å². The summed E-state index contributed by atoms with van der Waals surface area (Å²) in [6.45, 7) is 9.06. The van der Waals surface area contributed by atoms with Crippen molar-refractivity contribution in [3.63, 3.8) is 0 Å². The minimum atomic E-state index is 0.0715. The Morgan fingerprint density at radius 2 is 1.94 bits per heavy atom. The highest BCUT2D eigenvalue weighted by Gasteiger charge is 2.20. The standard InChI is InChI=1S/C24H24N4O2S/c1-4-12-27-17(2)14-20(18(27)3)21(29)16-31-24-26-25-23(22-11-8-13-30-22)28(24)15-19-9-6-5-7-10-19/h4-11,13-14H,1,12,15-16H2,2-3H3. The zero-order valence-corrected chi connectivity index (χ0v) is 18.4. The van der Waals surface area contributed by atoms with Crippen molar-refractivity contribution in [2.75, 3.05) is 5.75 Å². The fraction of sp³-hybridized carbons (Fsp3) is 0.208. The van der Waals surface area contributed by atoms with Crippen LogP contribution in [0.5, 0.6) is 0 Å². The van der Waals surface area contributed by atoms with Gasteiger partial charge in [-0.1, -0.05) is 48.2 Å². The van der Waals surface area contributed by atoms with E-state index in [9.17, 15) is 4.79 Å². The van der Waals surface area contributed by atoms with Crippen molar-refractivity contribution in [1.82, 2.24) is 19.3 Å². The smallest absolute Gasteiger partial charge is 0.200 e. The molecule has 0 amide bonds. The summed E-state index contributed by atoms with van der Waals surface area (Å²) in [5.41, 5.74) is 3.88. The van der Waals surface area contributed by atoms with Gasteiger partial charge in [-0.05, 0) is 37.6 Å². The molecule has 0 spiro atoms. The average Bonchev–Trinajstić information content (AvgIpc) is 3.49. The molecule has 4 rings (SSSR count). The predicted molar refractivity (Wildman–Crippen MR) is 122 cm³/mol. The Bertz CT molecular complexity index is 1190. The van der Waals surface area contributed by atoms with Crippen LogP contribution in [-0.2, 0) is 13.1 Å². The molecule has 0 aliphatic rings. The van der Waals surface area contributed by atoms with Crippen molar-refractivity contribution >= 4 is 17.5 Å². The first-order valence-corrected chi connectivity index (χ1v) is 11.0. The van der Waals surface area contributed by atoms with Gasteiger partial charge in [-0.3, -0.25) is 9.36 Å². The van der Waals surface area contributed by atoms with Crippen LogP contribution in [-0.4, -0.2) is 30.9 Å². The molecular formula is C24H24N4O2S. The number of allylic oxidation sites excluding steroid dienone is 1. The number of hydrogen-bond acceptors (Lipinski definition) is 5. The molecule has 0 aliphatic carbocycles. The summed E-state index contributed by atoms with van der Waals surface area (Å²) in [5.74, 6) is 1.65. The highest BCUT2D eigenvalue weighted by Crippen LogP contribution is 2.27. The zero-order valence-electron chi connectivity index (χ0n) is 17.6. The third kappa shape index (κ3) is 4.41. The van der Waals surface area contributed by atoms with Gasteiger partial charge in [-0.25, -0.2) is 0 Å². The van der Waals surface area contributed by atoms with Crippen molar-refractivity contribution < 1.29 is 9.21 Å². The molecule has 7 heteroatoms. The number of carbonyl (C=O) groups excluding carboxylic acids is 1. The third-order valence-corrected chi connectivity index (χ3v) is 6.13. The average molecular weight is 433 g/mol. The highest BCUT2D eigenvalue weighted by atomic mass is 32.2. The largest absolute Gasteiger partial charge is 0.461 e. The number of rotatable bonds is 9. The van der Waals surface area contributed by atoms with Gasteiger partial charge < -0.3 is 8.98 Å². The van der Waals surface area contributed by atoms with Crippen LogP contribution in [0.15, 0.2) is 77.0 Å². The number of benzene rings is 1. The van der Waals surface area contributed by atoms with E-state index in [1.807, 2.05) is 60.9 Å². The molecule has 0 N–H and O–H groups in total. The minimum Gasteiger partial charge on any atom is -0.461 e. The van der Waals surface area contributed by atoms with Crippen LogP contribution in [0.4, 0.5) is 0 Å². The lowest BCUT2D eigenvalue weighted by atomic mass is 10.2. The van der Waals surface area contributed by atoms with Crippen molar-refractivity contribution in [3.05, 3.63) is 90.0 Å². The van der Waals surface area contributed by atoms with Gasteiger partial charge in [0.1, 0.15) is 0 Å². The number of aromatic nitrogens is 4. The first-order chi connectivity index (χ1) is 15.1. The molecule has 0 radical (unpaired) electrons. The summed E-state index contributed by atoms with van der Waals surface area (Å²) in [5, 5.41) is 9.38. The van der Waals surface area contributed by atoms with E-state index in [1.165, 1.54) is 11.8 Å². The van der Waals surface area contributed by atoms with Crippen LogP contribution in [0.3, 0.4) is 0 Å². The Labute approximate surface area is 185 Å². The van der Waals surface area contributed by atoms with Crippen LogP contribution in [0.25, 0.3) is 11.6 Å². The minimum absolute atomic E-state index is 0.0715. The van der Waals surface area contributed by atoms with E-state index < -0.39 is 0 Å². The third-order valence-electron chi connectivity index (χ3n) is 5.16. The summed E-state index contributed by atoms with van der Waals surface area (Å²) in [6, 6.07) is 15.7. The second-order valence-corrected chi connectivity index (χ2v) is 8.19. The lowest BCUT2D eigenvalue weighted by molar-refractivity contribution is 0.102. The number of ketones is 1. The van der Waals surface area contributed by atoms with Crippen molar-refractivity contribution in [2.45, 2.75) is 32.1 Å². The van der Waals surface area contributed by atoms with Crippen LogP contribution in [0, 0.1) is 13.8 Å². The molecule has 0 fully saturated rings. The Kier molecular flexibility index (Phi) is 6.23. The first-order valence-electron chi connectivity index (χ1n) is 10.0. The number of hydrogen-bond donors (Lipinski definition) is 0. The normalized spacial score (nSPS) is 11.0. The number of furan rings is 1. The lowest BCUT2D eigenvalue weighted by Crippen LogP contribution is -2.08. The van der Waals surface area contributed by atoms with Gasteiger partial charge in [0.05, 0.1) is 18.6 Å². The molecule has 1 aromatic carbocycles. The van der Waals surface area contributed by atoms with E-state index in [1.54, 1.807) is 6.26 Å². The SMILES string of the molecule is C=CCn1c(C)cc(C(=O)CSc2nnc(-c3ccco3)n2Cc2ccccc2)c1C. The summed E-state index contributed by atoms with van der Waals surface area (Å²) in [7, 11) is 0. The monoisotopic (exact) mass is 432 g/mol. The fourth-order valence-electron chi connectivity index (χ4n) is 3.59. The van der Waals surface area contributed by atoms with E-state index >= 15 is 0 Å². The molecule has 4 aromatic rings. The number of carbonyl (C=O) groups is 1. The van der Waals surface area contributed by atoms with Gasteiger partial charge in [0, 0.05) is 23.5 Å². The topological polar surface area (TPSA) is 65.8 Å². The quantitative estimate of drug-likeness (QED) is 0.207. The summed E-state index contributed by atoms with van der Waals surface area (Å²) >= 11 is 1.39. The van der Waals surface area contributed by atoms with Crippen molar-refractivity contribution in [2.24, 2.45) is 0 Å². The van der Waals surface area contributed by atoms with Gasteiger partial charge in [0.25, 0.3) is 0 Å². The number of Topliss-reactive ketones (excluding diaryl/α,β-unsaturated/α-hetero) is 1. The maximum absolute atomic E-state index is 13.0. The summed E-state index contributed by atoms with van der Waals surface area (Å²) in [6.07, 6.45) is 3.46. The van der Waals surface area contributed by atoms with E-state index in [2.05, 4.69) is 33.5 Å². The molecule has 0 aliphatic heterocycles. The molecule has 158 valence electrons. The molecule has 31 heavy (non-hydrogen) atoms. The molecular weight excluding hydrogens is 408 g/mol. The molecule has 0 bridgehead atoms. The van der Waals surface area contributed by atoms with E-state index in [4.69, 9.17) is 4.42 Å². The van der Waals surface area contributed by atoms with Crippen molar-refractivity contribution in [1.29, 1.82) is 0 Å². The molecule has 0 saturated carbocycles. The van der Waals surface area contributed by atoms with Crippen molar-refractivity contribution in [3.8, 4) is 11.6 Å². The molecule has 0 atom stereocenters. The summed E-state index contributed by atoms with van der Waals surface area (Å²) < 4.78 is 9.64. The zero-order chi connectivity index (χ0) is 21.8. The van der Waals surface area contributed by atoms with Gasteiger partial charge in [0.2, 0.25) is 5.82 Å². The Balaban J connectivity index is 1.58. The molecule has 3 aromatic heterocycles. The second kappa shape index (κ2) is 9.22. The maximum atomic E-state index is 13.0. The van der Waals surface area contributed by atoms with Crippen LogP contribution in [0.2, 0.25) is 0 Å². The van der Waals surface area contributed by atoms with Crippen LogP contribution >= 0.6 is 11.8 Å². The maximum Gasteiger partial charge on any atom is 0.200 e. The van der Waals surface area contributed by atoms with E-state index in [-0.39, 0.29) is 11.5 Å². The Morgan fingerprint density at radius 3 is 2.65 bits per heavy atom. The Morgan fingerprint density at radius 1 is 1.13 bits per heavy atom. The molecule has 6 nitrogen and oxygen atoms in total. The lowest BCUT2D eigenvalue weighted by Gasteiger charge is -2.09. The predicted octanol–water partition coefficient (Wildman–Crippen LogP) is 5.17. The molecule has 0 saturated heterocycles. The molecule has 0 unspecified atom stereocenters. The number of nitrogens with zero attached hydrogens (tertiary/aromatic N) is 4.